The van der Waals surface area contributed by atoms with E-state index in [1.807, 2.05) is 20.9 Å². The van der Waals surface area contributed by atoms with Crippen molar-refractivity contribution in [3.05, 3.63) is 69.1 Å². The van der Waals surface area contributed by atoms with Crippen LogP contribution in [0.15, 0.2) is 51.0 Å². The maximum atomic E-state index is 13.2. The summed E-state index contributed by atoms with van der Waals surface area (Å²) in [6, 6.07) is 8.51. The second-order valence-electron chi connectivity index (χ2n) is 7.45. The van der Waals surface area contributed by atoms with E-state index in [4.69, 9.17) is 16.0 Å². The minimum atomic E-state index is -0.527. The van der Waals surface area contributed by atoms with Gasteiger partial charge in [0.1, 0.15) is 5.76 Å². The molecule has 1 aromatic carbocycles. The number of anilines is 1. The van der Waals surface area contributed by atoms with E-state index in [0.717, 1.165) is 11.4 Å². The Hall–Kier alpha value is -3.04. The van der Waals surface area contributed by atoms with Gasteiger partial charge < -0.3 is 9.73 Å². The number of carbonyl (C=O) groups is 1. The van der Waals surface area contributed by atoms with Crippen LogP contribution in [0.1, 0.15) is 24.1 Å². The highest BCUT2D eigenvalue weighted by molar-refractivity contribution is 8.00. The number of carbonyl (C=O) groups excluding carboxylic acids is 1. The van der Waals surface area contributed by atoms with Crippen molar-refractivity contribution in [3.8, 4) is 0 Å². The van der Waals surface area contributed by atoms with Crippen LogP contribution in [0, 0.1) is 13.8 Å². The normalized spacial score (nSPS) is 12.3. The van der Waals surface area contributed by atoms with Gasteiger partial charge in [0.2, 0.25) is 5.91 Å². The van der Waals surface area contributed by atoms with Crippen molar-refractivity contribution in [2.45, 2.75) is 37.7 Å². The summed E-state index contributed by atoms with van der Waals surface area (Å²) in [5, 5.41) is 8.09. The first-order valence-electron chi connectivity index (χ1n) is 9.94. The molecule has 32 heavy (non-hydrogen) atoms. The number of benzene rings is 1. The van der Waals surface area contributed by atoms with Crippen LogP contribution in [0.5, 0.6) is 0 Å². The van der Waals surface area contributed by atoms with Gasteiger partial charge in [0, 0.05) is 12.1 Å². The summed E-state index contributed by atoms with van der Waals surface area (Å²) in [7, 11) is 1.83. The highest BCUT2D eigenvalue weighted by Crippen LogP contribution is 2.26. The number of nitrogens with zero attached hydrogens (tertiary/aromatic N) is 4. The summed E-state index contributed by atoms with van der Waals surface area (Å²) in [6.45, 7) is 5.71. The minimum absolute atomic E-state index is 0.203. The molecule has 0 spiro atoms. The van der Waals surface area contributed by atoms with Gasteiger partial charge in [0.25, 0.3) is 5.56 Å². The lowest BCUT2D eigenvalue weighted by Crippen LogP contribution is -2.27. The third-order valence-electron chi connectivity index (χ3n) is 5.19. The Bertz CT molecular complexity index is 1360. The average Bonchev–Trinajstić information content (AvgIpc) is 3.34. The van der Waals surface area contributed by atoms with Crippen LogP contribution in [-0.4, -0.2) is 30.5 Å². The lowest BCUT2D eigenvalue weighted by Gasteiger charge is -2.16. The number of nitrogens with one attached hydrogen (secondary N) is 1. The Morgan fingerprint density at radius 3 is 2.75 bits per heavy atom. The number of halogens is 1. The number of aromatic nitrogens is 4. The quantitative estimate of drug-likeness (QED) is 0.335. The third-order valence-corrected chi connectivity index (χ3v) is 6.51. The van der Waals surface area contributed by atoms with Crippen molar-refractivity contribution in [2.24, 2.45) is 7.05 Å². The van der Waals surface area contributed by atoms with E-state index in [2.05, 4.69) is 15.4 Å². The van der Waals surface area contributed by atoms with Crippen molar-refractivity contribution in [1.82, 2.24) is 19.3 Å². The zero-order chi connectivity index (χ0) is 23.0. The second kappa shape index (κ2) is 8.84. The van der Waals surface area contributed by atoms with E-state index in [9.17, 15) is 9.59 Å². The van der Waals surface area contributed by atoms with Crippen LogP contribution >= 0.6 is 23.4 Å². The SMILES string of the molecule is Cc1nn(C)c(C)c1NC(=O)C(C)Sc1nc2cc(Cl)ccc2c(=O)n1Cc1ccco1. The number of hydrogen-bond donors (Lipinski definition) is 1. The molecular formula is C22H22ClN5O3S. The van der Waals surface area contributed by atoms with Crippen LogP contribution in [0.25, 0.3) is 10.9 Å². The van der Waals surface area contributed by atoms with Crippen LogP contribution < -0.4 is 10.9 Å². The second-order valence-corrected chi connectivity index (χ2v) is 9.19. The Labute approximate surface area is 193 Å². The fourth-order valence-electron chi connectivity index (χ4n) is 3.35. The topological polar surface area (TPSA) is 95.0 Å². The molecule has 3 heterocycles. The lowest BCUT2D eigenvalue weighted by atomic mass is 10.2. The third kappa shape index (κ3) is 4.31. The zero-order valence-electron chi connectivity index (χ0n) is 18.0. The lowest BCUT2D eigenvalue weighted by molar-refractivity contribution is -0.115. The van der Waals surface area contributed by atoms with Crippen LogP contribution in [0.4, 0.5) is 5.69 Å². The Balaban J connectivity index is 1.68. The highest BCUT2D eigenvalue weighted by Gasteiger charge is 2.22. The van der Waals surface area contributed by atoms with Crippen molar-refractivity contribution < 1.29 is 9.21 Å². The van der Waals surface area contributed by atoms with E-state index in [0.29, 0.717) is 32.5 Å². The maximum Gasteiger partial charge on any atom is 0.262 e. The molecule has 0 bridgehead atoms. The van der Waals surface area contributed by atoms with Gasteiger partial charge in [-0.15, -0.1) is 0 Å². The molecule has 0 saturated heterocycles. The van der Waals surface area contributed by atoms with E-state index in [-0.39, 0.29) is 18.0 Å². The van der Waals surface area contributed by atoms with E-state index < -0.39 is 5.25 Å². The molecule has 0 saturated carbocycles. The summed E-state index contributed by atoms with van der Waals surface area (Å²) >= 11 is 7.31. The molecule has 8 nitrogen and oxygen atoms in total. The summed E-state index contributed by atoms with van der Waals surface area (Å²) in [6.07, 6.45) is 1.55. The fourth-order valence-corrected chi connectivity index (χ4v) is 4.43. The summed E-state index contributed by atoms with van der Waals surface area (Å²) in [5.41, 5.74) is 2.55. The fraction of sp³-hybridized carbons (Fsp3) is 0.273. The van der Waals surface area contributed by atoms with Gasteiger partial charge in [0.15, 0.2) is 5.16 Å². The van der Waals surface area contributed by atoms with Crippen molar-refractivity contribution >= 4 is 45.9 Å². The Morgan fingerprint density at radius 2 is 2.09 bits per heavy atom. The number of thioether (sulfide) groups is 1. The number of aryl methyl sites for hydroxylation is 2. The van der Waals surface area contributed by atoms with Crippen molar-refractivity contribution in [2.75, 3.05) is 5.32 Å². The summed E-state index contributed by atoms with van der Waals surface area (Å²) < 4.78 is 8.67. The van der Waals surface area contributed by atoms with Gasteiger partial charge in [-0.05, 0) is 51.1 Å². The average molecular weight is 472 g/mol. The molecule has 0 aliphatic rings. The number of hydrogen-bond acceptors (Lipinski definition) is 6. The molecule has 1 N–H and O–H groups in total. The molecule has 3 aromatic heterocycles. The number of furan rings is 1. The molecule has 4 aromatic rings. The van der Waals surface area contributed by atoms with Gasteiger partial charge in [-0.1, -0.05) is 23.4 Å². The van der Waals surface area contributed by atoms with Crippen molar-refractivity contribution in [3.63, 3.8) is 0 Å². The first-order valence-corrected chi connectivity index (χ1v) is 11.2. The number of rotatable bonds is 6. The monoisotopic (exact) mass is 471 g/mol. The predicted molar refractivity (Wildman–Crippen MR) is 125 cm³/mol. The largest absolute Gasteiger partial charge is 0.467 e. The first-order chi connectivity index (χ1) is 15.2. The molecule has 1 unspecified atom stereocenters. The molecule has 1 amide bonds. The molecule has 0 fully saturated rings. The van der Waals surface area contributed by atoms with Crippen molar-refractivity contribution in [1.29, 1.82) is 0 Å². The predicted octanol–water partition coefficient (Wildman–Crippen LogP) is 4.16. The van der Waals surface area contributed by atoms with Gasteiger partial charge in [-0.2, -0.15) is 5.10 Å². The van der Waals surface area contributed by atoms with Gasteiger partial charge in [-0.3, -0.25) is 18.8 Å². The molecular weight excluding hydrogens is 450 g/mol. The molecule has 0 radical (unpaired) electrons. The van der Waals surface area contributed by atoms with Gasteiger partial charge in [0.05, 0.1) is 46.0 Å². The molecule has 0 aliphatic carbocycles. The summed E-state index contributed by atoms with van der Waals surface area (Å²) in [4.78, 5) is 30.8. The van der Waals surface area contributed by atoms with Crippen LogP contribution in [0.2, 0.25) is 5.02 Å². The van der Waals surface area contributed by atoms with Crippen LogP contribution in [0.3, 0.4) is 0 Å². The Morgan fingerprint density at radius 1 is 1.31 bits per heavy atom. The van der Waals surface area contributed by atoms with Gasteiger partial charge in [-0.25, -0.2) is 4.98 Å². The smallest absolute Gasteiger partial charge is 0.262 e. The first kappa shape index (κ1) is 22.2. The van der Waals surface area contributed by atoms with Gasteiger partial charge >= 0.3 is 0 Å². The Kier molecular flexibility index (Phi) is 6.12. The highest BCUT2D eigenvalue weighted by atomic mass is 35.5. The zero-order valence-corrected chi connectivity index (χ0v) is 19.6. The maximum absolute atomic E-state index is 13.2. The number of amides is 1. The van der Waals surface area contributed by atoms with E-state index in [1.165, 1.54) is 16.3 Å². The molecule has 10 heteroatoms. The number of fused-ring (bicyclic) bond motifs is 1. The standard InChI is InChI=1S/C22H22ClN5O3S/c1-12-19(13(2)27(4)26-12)25-20(29)14(3)32-22-24-18-10-15(23)7-8-17(18)21(30)28(22)11-16-6-5-9-31-16/h5-10,14H,11H2,1-4H3,(H,25,29). The molecule has 0 aliphatic heterocycles. The van der Waals surface area contributed by atoms with E-state index >= 15 is 0 Å². The summed E-state index contributed by atoms with van der Waals surface area (Å²) in [5.74, 6) is 0.405. The molecule has 166 valence electrons. The molecule has 1 atom stereocenters. The minimum Gasteiger partial charge on any atom is -0.467 e. The molecule has 4 rings (SSSR count). The van der Waals surface area contributed by atoms with E-state index in [1.54, 1.807) is 48.2 Å². The van der Waals surface area contributed by atoms with Crippen LogP contribution in [-0.2, 0) is 18.4 Å².